The van der Waals surface area contributed by atoms with Crippen molar-refractivity contribution >= 4 is 109 Å². The lowest BCUT2D eigenvalue weighted by Crippen LogP contribution is -2.04. The summed E-state index contributed by atoms with van der Waals surface area (Å²) >= 11 is 0. The van der Waals surface area contributed by atoms with Gasteiger partial charge >= 0.3 is 0 Å². The van der Waals surface area contributed by atoms with Crippen LogP contribution in [0.15, 0.2) is 206 Å². The molecule has 0 saturated carbocycles. The quantitative estimate of drug-likeness (QED) is 0.167. The Morgan fingerprint density at radius 3 is 1.68 bits per heavy atom. The minimum absolute atomic E-state index is 0.802. The standard InChI is InChI=1S/C58H34N4/c1-2-16-38(17-3-1)61-50-25-13-12-23-44(50)45-29-27-37(34-52(45)61)55-58(60-56-39-18-6-4-14-35(39)28-32-49(56)59-55)62-51-33-31-47-43-22-9-8-20-41(43)42-21-10-11-24-46(42)53(47)54(51)48-30-26-36-15-5-7-19-40(36)57(48)62/h1-34H. The maximum atomic E-state index is 5.82. The van der Waals surface area contributed by atoms with Gasteiger partial charge in [0, 0.05) is 49.0 Å². The monoisotopic (exact) mass is 786 g/mol. The van der Waals surface area contributed by atoms with Gasteiger partial charge in [0.15, 0.2) is 5.82 Å². The predicted octanol–water partition coefficient (Wildman–Crippen LogP) is 15.3. The topological polar surface area (TPSA) is 35.6 Å². The van der Waals surface area contributed by atoms with Gasteiger partial charge in [-0.3, -0.25) is 4.57 Å². The third kappa shape index (κ3) is 4.55. The molecule has 0 amide bonds. The summed E-state index contributed by atoms with van der Waals surface area (Å²) in [6.07, 6.45) is 0. The van der Waals surface area contributed by atoms with Crippen molar-refractivity contribution < 1.29 is 0 Å². The number of benzene rings is 11. The van der Waals surface area contributed by atoms with E-state index in [-0.39, 0.29) is 0 Å². The summed E-state index contributed by atoms with van der Waals surface area (Å²) in [6.45, 7) is 0. The van der Waals surface area contributed by atoms with Crippen molar-refractivity contribution in [1.82, 2.24) is 19.1 Å². The lowest BCUT2D eigenvalue weighted by Gasteiger charge is -2.16. The van der Waals surface area contributed by atoms with Gasteiger partial charge in [0.05, 0.1) is 33.1 Å². The number of para-hydroxylation sites is 2. The number of rotatable bonds is 3. The highest BCUT2D eigenvalue weighted by Gasteiger charge is 2.25. The first-order chi connectivity index (χ1) is 30.8. The summed E-state index contributed by atoms with van der Waals surface area (Å²) in [7, 11) is 0. The van der Waals surface area contributed by atoms with Gasteiger partial charge in [0.25, 0.3) is 0 Å². The maximum Gasteiger partial charge on any atom is 0.165 e. The van der Waals surface area contributed by atoms with Crippen LogP contribution in [0.1, 0.15) is 0 Å². The van der Waals surface area contributed by atoms with E-state index in [0.717, 1.165) is 61.1 Å². The van der Waals surface area contributed by atoms with Crippen LogP contribution in [0, 0.1) is 0 Å². The SMILES string of the molecule is c1ccc(-n2c3ccccc3c3ccc(-c4nc5ccc6ccccc6c5nc4-n4c5ccc6c7ccccc7c7ccccc7c6c5c5ccc6ccccc6c54)cc32)cc1. The zero-order valence-electron chi connectivity index (χ0n) is 33.4. The van der Waals surface area contributed by atoms with Gasteiger partial charge in [-0.25, -0.2) is 9.97 Å². The fraction of sp³-hybridized carbons (Fsp3) is 0. The highest BCUT2D eigenvalue weighted by molar-refractivity contribution is 6.36. The summed E-state index contributed by atoms with van der Waals surface area (Å²) in [5.74, 6) is 0.802. The molecule has 0 aliphatic rings. The Hall–Kier alpha value is -8.34. The molecule has 0 atom stereocenters. The molecule has 0 aliphatic carbocycles. The minimum Gasteiger partial charge on any atom is -0.309 e. The van der Waals surface area contributed by atoms with Gasteiger partial charge in [-0.1, -0.05) is 170 Å². The predicted molar refractivity (Wildman–Crippen MR) is 261 cm³/mol. The molecule has 0 fully saturated rings. The van der Waals surface area contributed by atoms with Gasteiger partial charge in [-0.05, 0) is 74.1 Å². The van der Waals surface area contributed by atoms with Crippen LogP contribution in [0.25, 0.3) is 131 Å². The highest BCUT2D eigenvalue weighted by Crippen LogP contribution is 2.46. The van der Waals surface area contributed by atoms with Crippen molar-refractivity contribution in [3.05, 3.63) is 206 Å². The summed E-state index contributed by atoms with van der Waals surface area (Å²) in [5.41, 5.74) is 9.20. The zero-order chi connectivity index (χ0) is 40.5. The Balaban J connectivity index is 1.19. The molecule has 286 valence electrons. The first-order valence-electron chi connectivity index (χ1n) is 21.3. The van der Waals surface area contributed by atoms with Crippen LogP contribution in [0.4, 0.5) is 0 Å². The van der Waals surface area contributed by atoms with E-state index in [1.54, 1.807) is 0 Å². The van der Waals surface area contributed by atoms with Crippen LogP contribution < -0.4 is 0 Å². The fourth-order valence-corrected chi connectivity index (χ4v) is 10.6. The fourth-order valence-electron chi connectivity index (χ4n) is 10.6. The molecule has 0 aliphatic heterocycles. The molecular formula is C58H34N4. The van der Waals surface area contributed by atoms with Gasteiger partial charge in [0.1, 0.15) is 5.69 Å². The van der Waals surface area contributed by atoms with E-state index < -0.39 is 0 Å². The molecule has 14 aromatic rings. The summed E-state index contributed by atoms with van der Waals surface area (Å²) < 4.78 is 4.81. The Kier molecular flexibility index (Phi) is 6.80. The molecule has 14 rings (SSSR count). The number of hydrogen-bond donors (Lipinski definition) is 0. The Morgan fingerprint density at radius 2 is 0.887 bits per heavy atom. The highest BCUT2D eigenvalue weighted by atomic mass is 15.1. The molecule has 3 aromatic heterocycles. The lowest BCUT2D eigenvalue weighted by molar-refractivity contribution is 1.09. The van der Waals surface area contributed by atoms with Crippen molar-refractivity contribution in [3.63, 3.8) is 0 Å². The van der Waals surface area contributed by atoms with Gasteiger partial charge in [-0.15, -0.1) is 0 Å². The zero-order valence-corrected chi connectivity index (χ0v) is 33.4. The Bertz CT molecular complexity index is 4180. The van der Waals surface area contributed by atoms with Crippen LogP contribution in [-0.4, -0.2) is 19.1 Å². The number of nitrogens with zero attached hydrogens (tertiary/aromatic N) is 4. The molecule has 0 spiro atoms. The molecule has 4 heteroatoms. The first-order valence-corrected chi connectivity index (χ1v) is 21.3. The largest absolute Gasteiger partial charge is 0.309 e. The normalized spacial score (nSPS) is 12.2. The number of fused-ring (bicyclic) bond motifs is 18. The van der Waals surface area contributed by atoms with Crippen molar-refractivity contribution in [2.45, 2.75) is 0 Å². The van der Waals surface area contributed by atoms with E-state index in [4.69, 9.17) is 9.97 Å². The molecule has 0 saturated heterocycles. The summed E-state index contributed by atoms with van der Waals surface area (Å²) in [5, 5.41) is 16.9. The molecule has 0 radical (unpaired) electrons. The molecular weight excluding hydrogens is 753 g/mol. The van der Waals surface area contributed by atoms with Crippen LogP contribution in [0.5, 0.6) is 0 Å². The summed E-state index contributed by atoms with van der Waals surface area (Å²) in [4.78, 5) is 11.5. The van der Waals surface area contributed by atoms with E-state index >= 15 is 0 Å². The first kappa shape index (κ1) is 33.5. The molecule has 4 nitrogen and oxygen atoms in total. The third-order valence-corrected chi connectivity index (χ3v) is 13.2. The third-order valence-electron chi connectivity index (χ3n) is 13.2. The van der Waals surface area contributed by atoms with Crippen molar-refractivity contribution in [1.29, 1.82) is 0 Å². The van der Waals surface area contributed by atoms with Crippen LogP contribution in [0.2, 0.25) is 0 Å². The van der Waals surface area contributed by atoms with E-state index in [2.05, 4.69) is 215 Å². The lowest BCUT2D eigenvalue weighted by atomic mass is 9.91. The average Bonchev–Trinajstić information content (AvgIpc) is 3.86. The molecule has 3 heterocycles. The van der Waals surface area contributed by atoms with Crippen molar-refractivity contribution in [2.75, 3.05) is 0 Å². The van der Waals surface area contributed by atoms with E-state index in [1.165, 1.54) is 70.2 Å². The average molecular weight is 787 g/mol. The van der Waals surface area contributed by atoms with Crippen LogP contribution in [0.3, 0.4) is 0 Å². The van der Waals surface area contributed by atoms with Gasteiger partial charge < -0.3 is 4.57 Å². The van der Waals surface area contributed by atoms with E-state index in [0.29, 0.717) is 0 Å². The Morgan fingerprint density at radius 1 is 0.323 bits per heavy atom. The molecule has 62 heavy (non-hydrogen) atoms. The molecule has 0 bridgehead atoms. The second-order valence-electron chi connectivity index (χ2n) is 16.5. The molecule has 11 aromatic carbocycles. The summed E-state index contributed by atoms with van der Waals surface area (Å²) in [6, 6.07) is 74.8. The maximum absolute atomic E-state index is 5.82. The van der Waals surface area contributed by atoms with Crippen LogP contribution >= 0.6 is 0 Å². The van der Waals surface area contributed by atoms with Gasteiger partial charge in [-0.2, -0.15) is 0 Å². The van der Waals surface area contributed by atoms with E-state index in [9.17, 15) is 0 Å². The molecule has 0 unspecified atom stereocenters. The second kappa shape index (κ2) is 12.6. The van der Waals surface area contributed by atoms with Gasteiger partial charge in [0.2, 0.25) is 0 Å². The van der Waals surface area contributed by atoms with Crippen LogP contribution in [-0.2, 0) is 0 Å². The number of aromatic nitrogens is 4. The van der Waals surface area contributed by atoms with E-state index in [1.807, 2.05) is 0 Å². The van der Waals surface area contributed by atoms with Crippen molar-refractivity contribution in [3.8, 4) is 22.8 Å². The van der Waals surface area contributed by atoms with Crippen molar-refractivity contribution in [2.24, 2.45) is 0 Å². The second-order valence-corrected chi connectivity index (χ2v) is 16.5. The number of hydrogen-bond acceptors (Lipinski definition) is 2. The molecule has 0 N–H and O–H groups in total. The smallest absolute Gasteiger partial charge is 0.165 e. The Labute approximate surface area is 355 Å². The minimum atomic E-state index is 0.802.